The Morgan fingerprint density at radius 3 is 2.75 bits per heavy atom. The van der Waals surface area contributed by atoms with Crippen LogP contribution >= 0.6 is 0 Å². The Hall–Kier alpha value is -1.61. The first-order chi connectivity index (χ1) is 9.67. The molecule has 0 aliphatic carbocycles. The topological polar surface area (TPSA) is 45.2 Å². The summed E-state index contributed by atoms with van der Waals surface area (Å²) in [6.45, 7) is 7.53. The molecular weight excluding hydrogens is 248 g/mol. The monoisotopic (exact) mass is 272 g/mol. The van der Waals surface area contributed by atoms with Crippen LogP contribution in [-0.2, 0) is 6.42 Å². The predicted molar refractivity (Wildman–Crippen MR) is 85.2 cm³/mol. The zero-order valence-electron chi connectivity index (χ0n) is 12.6. The van der Waals surface area contributed by atoms with Crippen molar-refractivity contribution < 1.29 is 5.11 Å². The molecular formula is C17H24N2O. The first kappa shape index (κ1) is 14.8. The highest BCUT2D eigenvalue weighted by atomic mass is 16.3. The molecule has 1 heterocycles. The van der Waals surface area contributed by atoms with E-state index in [1.807, 2.05) is 6.07 Å². The van der Waals surface area contributed by atoms with Crippen LogP contribution in [-0.4, -0.2) is 23.2 Å². The average molecular weight is 272 g/mol. The summed E-state index contributed by atoms with van der Waals surface area (Å²) in [6.07, 6.45) is 1.80. The van der Waals surface area contributed by atoms with Gasteiger partial charge < -0.3 is 10.4 Å². The van der Waals surface area contributed by atoms with Gasteiger partial charge in [0.15, 0.2) is 0 Å². The van der Waals surface area contributed by atoms with E-state index in [4.69, 9.17) is 10.1 Å². The van der Waals surface area contributed by atoms with Crippen molar-refractivity contribution in [2.24, 2.45) is 5.92 Å². The molecule has 1 aromatic carbocycles. The molecule has 2 aromatic rings. The number of nitrogens with zero attached hydrogens (tertiary/aromatic N) is 1. The van der Waals surface area contributed by atoms with Gasteiger partial charge in [0.2, 0.25) is 0 Å². The normalized spacial score (nSPS) is 12.6. The van der Waals surface area contributed by atoms with Gasteiger partial charge in [0.05, 0.1) is 5.52 Å². The lowest BCUT2D eigenvalue weighted by Gasteiger charge is -2.18. The summed E-state index contributed by atoms with van der Waals surface area (Å²) < 4.78 is 0. The van der Waals surface area contributed by atoms with Gasteiger partial charge in [-0.25, -0.2) is 0 Å². The molecule has 0 amide bonds. The van der Waals surface area contributed by atoms with Crippen molar-refractivity contribution in [3.05, 3.63) is 35.5 Å². The fourth-order valence-electron chi connectivity index (χ4n) is 2.61. The van der Waals surface area contributed by atoms with Crippen molar-refractivity contribution in [1.29, 1.82) is 0 Å². The molecule has 108 valence electrons. The lowest BCUT2D eigenvalue weighted by Crippen LogP contribution is -2.14. The van der Waals surface area contributed by atoms with Gasteiger partial charge in [0.25, 0.3) is 0 Å². The lowest BCUT2D eigenvalue weighted by molar-refractivity contribution is 0.266. The number of aromatic nitrogens is 1. The Kier molecular flexibility index (Phi) is 4.96. The number of hydrogen-bond donors (Lipinski definition) is 2. The van der Waals surface area contributed by atoms with Crippen molar-refractivity contribution in [3.8, 4) is 0 Å². The molecule has 2 rings (SSSR count). The number of rotatable bonds is 6. The third-order valence-corrected chi connectivity index (χ3v) is 3.80. The smallest absolute Gasteiger partial charge is 0.0726 e. The molecule has 0 bridgehead atoms. The van der Waals surface area contributed by atoms with E-state index < -0.39 is 0 Å². The van der Waals surface area contributed by atoms with Crippen LogP contribution in [0, 0.1) is 12.8 Å². The summed E-state index contributed by atoms with van der Waals surface area (Å²) in [7, 11) is 0. The Balaban J connectivity index is 2.38. The van der Waals surface area contributed by atoms with Crippen molar-refractivity contribution in [2.75, 3.05) is 18.5 Å². The largest absolute Gasteiger partial charge is 0.396 e. The highest BCUT2D eigenvalue weighted by molar-refractivity contribution is 5.93. The van der Waals surface area contributed by atoms with Gasteiger partial charge in [-0.3, -0.25) is 4.98 Å². The van der Waals surface area contributed by atoms with Crippen LogP contribution in [0.25, 0.3) is 10.9 Å². The number of benzene rings is 1. The number of hydrogen-bond acceptors (Lipinski definition) is 3. The summed E-state index contributed by atoms with van der Waals surface area (Å²) in [5.74, 6) is 0.455. The van der Waals surface area contributed by atoms with Crippen LogP contribution in [0.5, 0.6) is 0 Å². The first-order valence-electron chi connectivity index (χ1n) is 7.40. The number of para-hydroxylation sites is 1. The van der Waals surface area contributed by atoms with Gasteiger partial charge >= 0.3 is 0 Å². The molecule has 0 fully saturated rings. The van der Waals surface area contributed by atoms with Crippen molar-refractivity contribution in [3.63, 3.8) is 0 Å². The number of anilines is 1. The quantitative estimate of drug-likeness (QED) is 0.845. The fraction of sp³-hybridized carbons (Fsp3) is 0.471. The Morgan fingerprint density at radius 2 is 2.05 bits per heavy atom. The van der Waals surface area contributed by atoms with Crippen LogP contribution in [0.2, 0.25) is 0 Å². The molecule has 0 saturated carbocycles. The number of aryl methyl sites for hydroxylation is 1. The van der Waals surface area contributed by atoms with E-state index >= 15 is 0 Å². The van der Waals surface area contributed by atoms with Crippen LogP contribution in [0.1, 0.15) is 31.5 Å². The zero-order valence-corrected chi connectivity index (χ0v) is 12.6. The van der Waals surface area contributed by atoms with E-state index in [2.05, 4.69) is 44.3 Å². The molecule has 0 spiro atoms. The number of nitrogens with one attached hydrogen (secondary N) is 1. The summed E-state index contributed by atoms with van der Waals surface area (Å²) in [5, 5.41) is 13.8. The van der Waals surface area contributed by atoms with E-state index in [0.29, 0.717) is 5.92 Å². The van der Waals surface area contributed by atoms with Crippen LogP contribution in [0.4, 0.5) is 5.69 Å². The van der Waals surface area contributed by atoms with Crippen LogP contribution in [0.15, 0.2) is 24.3 Å². The molecule has 0 aliphatic heterocycles. The van der Waals surface area contributed by atoms with E-state index in [9.17, 15) is 0 Å². The molecule has 1 atom stereocenters. The zero-order chi connectivity index (χ0) is 14.5. The second kappa shape index (κ2) is 6.71. The summed E-state index contributed by atoms with van der Waals surface area (Å²) >= 11 is 0. The van der Waals surface area contributed by atoms with Crippen molar-refractivity contribution in [1.82, 2.24) is 4.98 Å². The first-order valence-corrected chi connectivity index (χ1v) is 7.40. The average Bonchev–Trinajstić information content (AvgIpc) is 2.44. The van der Waals surface area contributed by atoms with Gasteiger partial charge in [0.1, 0.15) is 0 Å². The third-order valence-electron chi connectivity index (χ3n) is 3.80. The Bertz CT molecular complexity index is 580. The minimum atomic E-state index is 0.250. The number of pyridine rings is 1. The van der Waals surface area contributed by atoms with Gasteiger partial charge in [0, 0.05) is 29.9 Å². The molecule has 20 heavy (non-hydrogen) atoms. The van der Waals surface area contributed by atoms with Gasteiger partial charge in [-0.05, 0) is 37.3 Å². The maximum atomic E-state index is 9.01. The summed E-state index contributed by atoms with van der Waals surface area (Å²) in [5.41, 5.74) is 4.64. The molecule has 3 nitrogen and oxygen atoms in total. The molecule has 2 N–H and O–H groups in total. The molecule has 1 unspecified atom stereocenters. The third kappa shape index (κ3) is 3.10. The van der Waals surface area contributed by atoms with E-state index in [1.54, 1.807) is 0 Å². The van der Waals surface area contributed by atoms with E-state index in [1.165, 1.54) is 16.6 Å². The molecule has 1 aromatic heterocycles. The minimum Gasteiger partial charge on any atom is -0.396 e. The SMILES string of the molecule is CCc1c(C)nc2ccccc2c1NCC(C)CCO. The Labute approximate surface area is 121 Å². The number of fused-ring (bicyclic) bond motifs is 1. The van der Waals surface area contributed by atoms with Crippen molar-refractivity contribution >= 4 is 16.6 Å². The van der Waals surface area contributed by atoms with E-state index in [-0.39, 0.29) is 6.61 Å². The highest BCUT2D eigenvalue weighted by Crippen LogP contribution is 2.29. The second-order valence-corrected chi connectivity index (χ2v) is 5.42. The number of aliphatic hydroxyl groups is 1. The van der Waals surface area contributed by atoms with Gasteiger partial charge in [-0.15, -0.1) is 0 Å². The van der Waals surface area contributed by atoms with Gasteiger partial charge in [-0.2, -0.15) is 0 Å². The maximum absolute atomic E-state index is 9.01. The molecule has 3 heteroatoms. The van der Waals surface area contributed by atoms with Crippen LogP contribution < -0.4 is 5.32 Å². The van der Waals surface area contributed by atoms with Crippen LogP contribution in [0.3, 0.4) is 0 Å². The summed E-state index contributed by atoms with van der Waals surface area (Å²) in [6, 6.07) is 8.27. The minimum absolute atomic E-state index is 0.250. The number of aliphatic hydroxyl groups excluding tert-OH is 1. The molecule has 0 radical (unpaired) electrons. The molecule has 0 saturated heterocycles. The predicted octanol–water partition coefficient (Wildman–Crippen LogP) is 3.54. The van der Waals surface area contributed by atoms with Gasteiger partial charge in [-0.1, -0.05) is 32.0 Å². The second-order valence-electron chi connectivity index (χ2n) is 5.42. The standard InChI is InChI=1S/C17H24N2O/c1-4-14-13(3)19-16-8-6-5-7-15(16)17(14)18-11-12(2)9-10-20/h5-8,12,20H,4,9-11H2,1-3H3,(H,18,19). The van der Waals surface area contributed by atoms with E-state index in [0.717, 1.165) is 30.6 Å². The highest BCUT2D eigenvalue weighted by Gasteiger charge is 2.11. The fourth-order valence-corrected chi connectivity index (χ4v) is 2.61. The Morgan fingerprint density at radius 1 is 1.30 bits per heavy atom. The molecule has 0 aliphatic rings. The van der Waals surface area contributed by atoms with Crippen molar-refractivity contribution in [2.45, 2.75) is 33.6 Å². The lowest BCUT2D eigenvalue weighted by atomic mass is 10.0. The maximum Gasteiger partial charge on any atom is 0.0726 e. The summed E-state index contributed by atoms with van der Waals surface area (Å²) in [4.78, 5) is 4.69.